The molecule has 5 nitrogen and oxygen atoms in total. The lowest BCUT2D eigenvalue weighted by molar-refractivity contribution is 0.313. The van der Waals surface area contributed by atoms with E-state index in [2.05, 4.69) is 32.3 Å². The molecule has 0 atom stereocenters. The van der Waals surface area contributed by atoms with Crippen molar-refractivity contribution in [2.75, 3.05) is 19.0 Å². The van der Waals surface area contributed by atoms with Crippen molar-refractivity contribution >= 4 is 38.2 Å². The topological polar surface area (TPSA) is 67.2 Å². The van der Waals surface area contributed by atoms with Crippen LogP contribution in [0.2, 0.25) is 0 Å². The third kappa shape index (κ3) is 3.37. The first kappa shape index (κ1) is 17.1. The monoisotopic (exact) mass is 397 g/mol. The quantitative estimate of drug-likeness (QED) is 0.654. The Morgan fingerprint density at radius 2 is 2.12 bits per heavy atom. The summed E-state index contributed by atoms with van der Waals surface area (Å²) in [4.78, 5) is 4.41. The van der Waals surface area contributed by atoms with Gasteiger partial charge in [-0.15, -0.1) is 0 Å². The summed E-state index contributed by atoms with van der Waals surface area (Å²) in [5.41, 5.74) is 2.65. The van der Waals surface area contributed by atoms with Crippen LogP contribution < -0.4 is 14.8 Å². The van der Waals surface area contributed by atoms with Gasteiger partial charge in [0.1, 0.15) is 11.6 Å². The van der Waals surface area contributed by atoms with Gasteiger partial charge in [0, 0.05) is 21.7 Å². The molecule has 0 aliphatic heterocycles. The molecule has 0 saturated carbocycles. The second kappa shape index (κ2) is 7.41. The van der Waals surface area contributed by atoms with E-state index in [1.165, 1.54) is 0 Å². The molecule has 0 aliphatic carbocycles. The highest BCUT2D eigenvalue weighted by atomic mass is 79.9. The number of nitrogens with zero attached hydrogens (tertiary/aromatic N) is 2. The summed E-state index contributed by atoms with van der Waals surface area (Å²) in [6.45, 7) is 2.44. The predicted octanol–water partition coefficient (Wildman–Crippen LogP) is 5.02. The number of benzene rings is 2. The Kier molecular flexibility index (Phi) is 5.05. The summed E-state index contributed by atoms with van der Waals surface area (Å²) in [6, 6.07) is 13.7. The molecule has 126 valence electrons. The van der Waals surface area contributed by atoms with E-state index in [0.717, 1.165) is 15.5 Å². The summed E-state index contributed by atoms with van der Waals surface area (Å²) in [5, 5.41) is 13.6. The third-order valence-electron chi connectivity index (χ3n) is 3.68. The highest BCUT2D eigenvalue weighted by molar-refractivity contribution is 9.10. The van der Waals surface area contributed by atoms with Crippen molar-refractivity contribution in [3.05, 3.63) is 52.6 Å². The Balaban J connectivity index is 2.20. The first-order chi connectivity index (χ1) is 12.2. The zero-order chi connectivity index (χ0) is 17.8. The summed E-state index contributed by atoms with van der Waals surface area (Å²) in [6.07, 6.45) is 1.54. The Labute approximate surface area is 154 Å². The predicted molar refractivity (Wildman–Crippen MR) is 102 cm³/mol. The van der Waals surface area contributed by atoms with Crippen LogP contribution in [0.25, 0.3) is 10.9 Å². The van der Waals surface area contributed by atoms with Crippen molar-refractivity contribution in [2.45, 2.75) is 6.92 Å². The molecule has 3 aromatic rings. The number of aromatic nitrogens is 1. The van der Waals surface area contributed by atoms with E-state index in [1.807, 2.05) is 43.3 Å². The summed E-state index contributed by atoms with van der Waals surface area (Å²) in [5.74, 6) is 1.18. The minimum atomic E-state index is 0.457. The van der Waals surface area contributed by atoms with Crippen molar-refractivity contribution in [2.24, 2.45) is 0 Å². The molecule has 2 aromatic carbocycles. The highest BCUT2D eigenvalue weighted by Gasteiger charge is 2.16. The van der Waals surface area contributed by atoms with Gasteiger partial charge in [-0.2, -0.15) is 5.26 Å². The van der Waals surface area contributed by atoms with Crippen LogP contribution in [-0.4, -0.2) is 18.7 Å². The molecule has 1 aromatic heterocycles. The number of hydrogen-bond acceptors (Lipinski definition) is 5. The molecule has 1 heterocycles. The SMILES string of the molecule is CCOc1ccc2c(Nc3cccc(Br)c3)c(C#N)cnc2c1OC. The van der Waals surface area contributed by atoms with E-state index in [-0.39, 0.29) is 0 Å². The number of nitrogens with one attached hydrogen (secondary N) is 1. The molecule has 0 unspecified atom stereocenters. The molecule has 25 heavy (non-hydrogen) atoms. The maximum atomic E-state index is 9.48. The molecule has 0 fully saturated rings. The summed E-state index contributed by atoms with van der Waals surface area (Å²) >= 11 is 3.46. The fourth-order valence-corrected chi connectivity index (χ4v) is 3.02. The second-order valence-electron chi connectivity index (χ2n) is 5.22. The van der Waals surface area contributed by atoms with E-state index >= 15 is 0 Å². The standard InChI is InChI=1S/C19H16BrN3O2/c1-3-25-16-8-7-15-17(23-14-6-4-5-13(20)9-14)12(10-21)11-22-18(15)19(16)24-2/h4-9,11H,3H2,1-2H3,(H,22,23). The molecule has 0 bridgehead atoms. The lowest BCUT2D eigenvalue weighted by atomic mass is 10.1. The molecule has 0 aliphatic rings. The van der Waals surface area contributed by atoms with Crippen molar-refractivity contribution in [3.8, 4) is 17.6 Å². The zero-order valence-corrected chi connectivity index (χ0v) is 15.4. The number of anilines is 2. The van der Waals surface area contributed by atoms with Crippen LogP contribution in [0.4, 0.5) is 11.4 Å². The summed E-state index contributed by atoms with van der Waals surface area (Å²) < 4.78 is 12.1. The van der Waals surface area contributed by atoms with Gasteiger partial charge < -0.3 is 14.8 Å². The highest BCUT2D eigenvalue weighted by Crippen LogP contribution is 2.39. The second-order valence-corrected chi connectivity index (χ2v) is 6.14. The van der Waals surface area contributed by atoms with Gasteiger partial charge in [0.2, 0.25) is 0 Å². The van der Waals surface area contributed by atoms with Crippen molar-refractivity contribution in [1.82, 2.24) is 4.98 Å². The fraction of sp³-hybridized carbons (Fsp3) is 0.158. The first-order valence-electron chi connectivity index (χ1n) is 7.73. The normalized spacial score (nSPS) is 10.3. The molecule has 0 amide bonds. The van der Waals surface area contributed by atoms with Gasteiger partial charge in [-0.3, -0.25) is 4.98 Å². The van der Waals surface area contributed by atoms with Crippen LogP contribution in [0.1, 0.15) is 12.5 Å². The Hall–Kier alpha value is -2.78. The van der Waals surface area contributed by atoms with E-state index in [9.17, 15) is 5.26 Å². The van der Waals surface area contributed by atoms with Gasteiger partial charge in [0.25, 0.3) is 0 Å². The Morgan fingerprint density at radius 1 is 1.28 bits per heavy atom. The molecule has 0 saturated heterocycles. The molecule has 0 radical (unpaired) electrons. The number of halogens is 1. The van der Waals surface area contributed by atoms with Crippen molar-refractivity contribution < 1.29 is 9.47 Å². The zero-order valence-electron chi connectivity index (χ0n) is 13.8. The average molecular weight is 398 g/mol. The fourth-order valence-electron chi connectivity index (χ4n) is 2.62. The van der Waals surface area contributed by atoms with E-state index in [1.54, 1.807) is 13.3 Å². The number of ether oxygens (including phenoxy) is 2. The number of methoxy groups -OCH3 is 1. The summed E-state index contributed by atoms with van der Waals surface area (Å²) in [7, 11) is 1.58. The van der Waals surface area contributed by atoms with Crippen molar-refractivity contribution in [3.63, 3.8) is 0 Å². The van der Waals surface area contributed by atoms with Crippen LogP contribution in [-0.2, 0) is 0 Å². The van der Waals surface area contributed by atoms with Gasteiger partial charge in [-0.1, -0.05) is 22.0 Å². The molecule has 1 N–H and O–H groups in total. The number of hydrogen-bond donors (Lipinski definition) is 1. The van der Waals surface area contributed by atoms with Crippen LogP contribution in [0.3, 0.4) is 0 Å². The maximum absolute atomic E-state index is 9.48. The van der Waals surface area contributed by atoms with Crippen LogP contribution in [0, 0.1) is 11.3 Å². The van der Waals surface area contributed by atoms with Gasteiger partial charge >= 0.3 is 0 Å². The first-order valence-corrected chi connectivity index (χ1v) is 8.52. The van der Waals surface area contributed by atoms with Crippen LogP contribution in [0.15, 0.2) is 47.1 Å². The molecular weight excluding hydrogens is 382 g/mol. The largest absolute Gasteiger partial charge is 0.491 e. The minimum absolute atomic E-state index is 0.457. The van der Waals surface area contributed by atoms with E-state index < -0.39 is 0 Å². The lowest BCUT2D eigenvalue weighted by Gasteiger charge is -2.15. The molecule has 3 rings (SSSR count). The smallest absolute Gasteiger partial charge is 0.187 e. The van der Waals surface area contributed by atoms with Gasteiger partial charge in [0.05, 0.1) is 25.0 Å². The Morgan fingerprint density at radius 3 is 2.80 bits per heavy atom. The average Bonchev–Trinajstić information content (AvgIpc) is 2.62. The number of rotatable bonds is 5. The molecular formula is C19H16BrN3O2. The van der Waals surface area contributed by atoms with Gasteiger partial charge in [-0.05, 0) is 37.3 Å². The Bertz CT molecular complexity index is 967. The van der Waals surface area contributed by atoms with Crippen LogP contribution >= 0.6 is 15.9 Å². The van der Waals surface area contributed by atoms with Gasteiger partial charge in [-0.25, -0.2) is 0 Å². The number of pyridine rings is 1. The van der Waals surface area contributed by atoms with Crippen LogP contribution in [0.5, 0.6) is 11.5 Å². The van der Waals surface area contributed by atoms with E-state index in [0.29, 0.717) is 34.9 Å². The van der Waals surface area contributed by atoms with Crippen molar-refractivity contribution in [1.29, 1.82) is 5.26 Å². The molecule has 0 spiro atoms. The molecule has 6 heteroatoms. The third-order valence-corrected chi connectivity index (χ3v) is 4.17. The maximum Gasteiger partial charge on any atom is 0.187 e. The number of fused-ring (bicyclic) bond motifs is 1. The minimum Gasteiger partial charge on any atom is -0.491 e. The lowest BCUT2D eigenvalue weighted by Crippen LogP contribution is -2.00. The van der Waals surface area contributed by atoms with Gasteiger partial charge in [0.15, 0.2) is 11.5 Å². The number of nitriles is 1. The van der Waals surface area contributed by atoms with E-state index in [4.69, 9.17) is 9.47 Å².